The van der Waals surface area contributed by atoms with Gasteiger partial charge in [-0.3, -0.25) is 9.47 Å². The smallest absolute Gasteiger partial charge is 0.376 e. The zero-order valence-corrected chi connectivity index (χ0v) is 21.4. The summed E-state index contributed by atoms with van der Waals surface area (Å²) >= 11 is 0. The molecule has 2 aromatic heterocycles. The Morgan fingerprint density at radius 1 is 1.11 bits per heavy atom. The molecule has 1 aromatic carbocycles. The van der Waals surface area contributed by atoms with Crippen molar-refractivity contribution in [3.63, 3.8) is 0 Å². The van der Waals surface area contributed by atoms with Crippen molar-refractivity contribution in [3.05, 3.63) is 35.7 Å². The van der Waals surface area contributed by atoms with E-state index in [1.807, 2.05) is 9.71 Å². The highest BCUT2D eigenvalue weighted by Gasteiger charge is 2.27. The molecule has 4 heterocycles. The van der Waals surface area contributed by atoms with Crippen molar-refractivity contribution in [1.29, 1.82) is 5.41 Å². The molecule has 5 rings (SSSR count). The number of alkyl halides is 2. The van der Waals surface area contributed by atoms with Gasteiger partial charge in [0.2, 0.25) is 5.95 Å². The number of fused-ring (bicyclic) bond motifs is 1. The number of rotatable bonds is 9. The zero-order chi connectivity index (χ0) is 26.6. The van der Waals surface area contributed by atoms with Crippen LogP contribution in [0.15, 0.2) is 24.3 Å². The molecule has 14 heteroatoms. The summed E-state index contributed by atoms with van der Waals surface area (Å²) in [6.07, 6.45) is -1.73. The van der Waals surface area contributed by atoms with Crippen LogP contribution in [0.5, 0.6) is 0 Å². The van der Waals surface area contributed by atoms with E-state index >= 15 is 0 Å². The Bertz CT molecular complexity index is 1260. The van der Waals surface area contributed by atoms with Crippen molar-refractivity contribution in [1.82, 2.24) is 29.2 Å². The zero-order valence-electron chi connectivity index (χ0n) is 21.4. The topological polar surface area (TPSA) is 119 Å². The molecule has 202 valence electrons. The Labute approximate surface area is 220 Å². The average molecular weight is 527 g/mol. The van der Waals surface area contributed by atoms with Gasteiger partial charge in [-0.25, -0.2) is 13.8 Å². The van der Waals surface area contributed by atoms with Crippen molar-refractivity contribution < 1.29 is 18.5 Å². The van der Waals surface area contributed by atoms with Crippen LogP contribution < -0.4 is 10.2 Å². The minimum atomic E-state index is -2.83. The fraction of sp³-hybridized carbons (Fsp3) is 0.500. The van der Waals surface area contributed by atoms with Gasteiger partial charge in [-0.2, -0.15) is 9.97 Å². The molecule has 0 amide bonds. The number of para-hydroxylation sites is 2. The fourth-order valence-electron chi connectivity index (χ4n) is 4.90. The van der Waals surface area contributed by atoms with Crippen LogP contribution in [0.4, 0.5) is 20.5 Å². The molecule has 11 nitrogen and oxygen atoms in total. The number of hydrogen-bond acceptors (Lipinski definition) is 10. The maximum atomic E-state index is 14.2. The lowest BCUT2D eigenvalue weighted by Crippen LogP contribution is -2.52. The third kappa shape index (κ3) is 5.48. The van der Waals surface area contributed by atoms with Crippen LogP contribution in [0.2, 0.25) is 6.82 Å². The van der Waals surface area contributed by atoms with E-state index in [1.54, 1.807) is 31.1 Å². The SMILES string of the molecule is CB(O)N1CCN(CCNc2nc(N3CCOCC3)nc(-n3c(C(F)F)nc4ccccc43)c2C=N)CC1. The Balaban J connectivity index is 1.49. The van der Waals surface area contributed by atoms with Gasteiger partial charge in [0.15, 0.2) is 11.6 Å². The number of halogens is 2. The minimum Gasteiger partial charge on any atom is -0.437 e. The number of piperazine rings is 1. The number of aromatic nitrogens is 4. The van der Waals surface area contributed by atoms with Crippen molar-refractivity contribution in [2.75, 3.05) is 75.8 Å². The lowest BCUT2D eigenvalue weighted by molar-refractivity contribution is 0.122. The molecular weight excluding hydrogens is 495 g/mol. The highest BCUT2D eigenvalue weighted by atomic mass is 19.3. The number of anilines is 2. The number of imidazole rings is 1. The maximum absolute atomic E-state index is 14.2. The van der Waals surface area contributed by atoms with E-state index < -0.39 is 19.3 Å². The maximum Gasteiger partial charge on any atom is 0.376 e. The van der Waals surface area contributed by atoms with Gasteiger partial charge in [-0.05, 0) is 19.0 Å². The molecule has 2 saturated heterocycles. The lowest BCUT2D eigenvalue weighted by atomic mass is 9.84. The fourth-order valence-corrected chi connectivity index (χ4v) is 4.90. The van der Waals surface area contributed by atoms with Gasteiger partial charge in [0.1, 0.15) is 5.82 Å². The average Bonchev–Trinajstić information content (AvgIpc) is 3.33. The first-order chi connectivity index (χ1) is 18.5. The molecule has 0 saturated carbocycles. The van der Waals surface area contributed by atoms with E-state index in [0.29, 0.717) is 61.2 Å². The first kappa shape index (κ1) is 26.4. The van der Waals surface area contributed by atoms with Crippen molar-refractivity contribution in [2.24, 2.45) is 0 Å². The molecule has 0 spiro atoms. The molecule has 0 atom stereocenters. The van der Waals surface area contributed by atoms with Crippen molar-refractivity contribution in [2.45, 2.75) is 13.2 Å². The van der Waals surface area contributed by atoms with Crippen LogP contribution in [0.25, 0.3) is 16.9 Å². The van der Waals surface area contributed by atoms with Gasteiger partial charge in [-0.1, -0.05) is 12.1 Å². The van der Waals surface area contributed by atoms with E-state index in [0.717, 1.165) is 38.9 Å². The van der Waals surface area contributed by atoms with Crippen LogP contribution in [0, 0.1) is 5.41 Å². The minimum absolute atomic E-state index is 0.188. The van der Waals surface area contributed by atoms with Gasteiger partial charge < -0.3 is 30.2 Å². The van der Waals surface area contributed by atoms with Gasteiger partial charge in [0, 0.05) is 58.6 Å². The van der Waals surface area contributed by atoms with Gasteiger partial charge in [0.05, 0.1) is 29.8 Å². The van der Waals surface area contributed by atoms with E-state index in [2.05, 4.69) is 15.2 Å². The molecule has 3 aromatic rings. The summed E-state index contributed by atoms with van der Waals surface area (Å²) < 4.78 is 35.2. The second-order valence-electron chi connectivity index (χ2n) is 9.38. The molecule has 0 aliphatic carbocycles. The molecule has 38 heavy (non-hydrogen) atoms. The highest BCUT2D eigenvalue weighted by Crippen LogP contribution is 2.31. The van der Waals surface area contributed by atoms with Crippen LogP contribution in [-0.4, -0.2) is 113 Å². The number of hydrogen-bond donors (Lipinski definition) is 3. The van der Waals surface area contributed by atoms with Gasteiger partial charge >= 0.3 is 7.05 Å². The molecule has 2 aliphatic heterocycles. The number of ether oxygens (including phenoxy) is 1. The predicted molar refractivity (Wildman–Crippen MR) is 143 cm³/mol. The van der Waals surface area contributed by atoms with Gasteiger partial charge in [0.25, 0.3) is 6.43 Å². The van der Waals surface area contributed by atoms with Crippen LogP contribution in [-0.2, 0) is 4.74 Å². The Morgan fingerprint density at radius 3 is 2.53 bits per heavy atom. The first-order valence-corrected chi connectivity index (χ1v) is 12.9. The van der Waals surface area contributed by atoms with Crippen molar-refractivity contribution in [3.8, 4) is 5.82 Å². The van der Waals surface area contributed by atoms with E-state index in [9.17, 15) is 13.8 Å². The van der Waals surface area contributed by atoms with Crippen LogP contribution in [0.3, 0.4) is 0 Å². The molecule has 3 N–H and O–H groups in total. The van der Waals surface area contributed by atoms with E-state index in [1.165, 1.54) is 4.57 Å². The van der Waals surface area contributed by atoms with E-state index in [4.69, 9.17) is 20.1 Å². The monoisotopic (exact) mass is 527 g/mol. The number of nitrogens with zero attached hydrogens (tertiary/aromatic N) is 7. The third-order valence-corrected chi connectivity index (χ3v) is 7.00. The quantitative estimate of drug-likeness (QED) is 0.283. The first-order valence-electron chi connectivity index (χ1n) is 12.9. The largest absolute Gasteiger partial charge is 0.437 e. The summed E-state index contributed by atoms with van der Waals surface area (Å²) in [6, 6.07) is 6.92. The standard InChI is InChI=1S/C24H32BF2N9O2/c1-25(37)35-10-8-33(9-11-35)7-6-29-21-17(16-28)22(32-24(31-21)34-12-14-38-15-13-34)36-19-5-3-2-4-18(19)30-23(36)20(26)27/h2-5,16,20,28,37H,6-15H2,1H3,(H,29,31,32). The molecular formula is C24H32BF2N9O2. The van der Waals surface area contributed by atoms with Crippen LogP contribution >= 0.6 is 0 Å². The summed E-state index contributed by atoms with van der Waals surface area (Å²) in [7, 11) is -0.458. The van der Waals surface area contributed by atoms with Crippen molar-refractivity contribution >= 4 is 36.1 Å². The Morgan fingerprint density at radius 2 is 1.84 bits per heavy atom. The lowest BCUT2D eigenvalue weighted by Gasteiger charge is -2.35. The predicted octanol–water partition coefficient (Wildman–Crippen LogP) is 1.73. The number of benzene rings is 1. The molecule has 2 aliphatic rings. The molecule has 0 unspecified atom stereocenters. The second-order valence-corrected chi connectivity index (χ2v) is 9.38. The third-order valence-electron chi connectivity index (χ3n) is 7.00. The van der Waals surface area contributed by atoms with E-state index in [-0.39, 0.29) is 5.82 Å². The summed E-state index contributed by atoms with van der Waals surface area (Å²) in [6.45, 7) is 8.45. The Kier molecular flexibility index (Phi) is 8.12. The normalized spacial score (nSPS) is 17.3. The number of nitrogens with one attached hydrogen (secondary N) is 2. The summed E-state index contributed by atoms with van der Waals surface area (Å²) in [5.41, 5.74) is 1.22. The second kappa shape index (κ2) is 11.7. The number of morpholine rings is 1. The molecule has 0 bridgehead atoms. The Hall–Kier alpha value is -3.20. The van der Waals surface area contributed by atoms with Gasteiger partial charge in [-0.15, -0.1) is 0 Å². The van der Waals surface area contributed by atoms with Crippen LogP contribution in [0.1, 0.15) is 17.8 Å². The molecule has 2 fully saturated rings. The summed E-state index contributed by atoms with van der Waals surface area (Å²) in [4.78, 5) is 19.9. The molecule has 0 radical (unpaired) electrons. The highest BCUT2D eigenvalue weighted by molar-refractivity contribution is 6.45. The summed E-state index contributed by atoms with van der Waals surface area (Å²) in [5.74, 6) is 0.559. The summed E-state index contributed by atoms with van der Waals surface area (Å²) in [5, 5.41) is 21.3.